The molecule has 1 aliphatic rings. The highest BCUT2D eigenvalue weighted by molar-refractivity contribution is 5.96. The van der Waals surface area contributed by atoms with Crippen LogP contribution in [0.15, 0.2) is 36.4 Å². The van der Waals surface area contributed by atoms with Gasteiger partial charge in [-0.1, -0.05) is 43.7 Å². The van der Waals surface area contributed by atoms with E-state index in [4.69, 9.17) is 4.74 Å². The van der Waals surface area contributed by atoms with Crippen LogP contribution >= 0.6 is 0 Å². The van der Waals surface area contributed by atoms with Gasteiger partial charge in [0.1, 0.15) is 11.7 Å². The maximum absolute atomic E-state index is 13.3. The molecule has 2 heterocycles. The van der Waals surface area contributed by atoms with E-state index < -0.39 is 29.9 Å². The van der Waals surface area contributed by atoms with Crippen molar-refractivity contribution in [3.8, 4) is 11.4 Å². The van der Waals surface area contributed by atoms with Gasteiger partial charge in [0.25, 0.3) is 5.91 Å². The fourth-order valence-corrected chi connectivity index (χ4v) is 4.12. The molecule has 0 saturated carbocycles. The molecule has 204 valence electrons. The molecule has 1 saturated heterocycles. The number of rotatable bonds is 11. The molecule has 1 aromatic carbocycles. The molecule has 11 nitrogen and oxygen atoms in total. The second-order valence-corrected chi connectivity index (χ2v) is 9.01. The van der Waals surface area contributed by atoms with E-state index in [0.717, 1.165) is 18.4 Å². The lowest BCUT2D eigenvalue weighted by Crippen LogP contribution is -2.56. The zero-order chi connectivity index (χ0) is 27.5. The van der Waals surface area contributed by atoms with E-state index in [9.17, 15) is 24.3 Å². The Morgan fingerprint density at radius 3 is 2.34 bits per heavy atom. The zero-order valence-electron chi connectivity index (χ0n) is 21.9. The van der Waals surface area contributed by atoms with Gasteiger partial charge in [-0.05, 0) is 32.3 Å². The Bertz CT molecular complexity index is 1120. The third-order valence-electron chi connectivity index (χ3n) is 6.20. The number of nitrogens with zero attached hydrogens (tertiary/aromatic N) is 4. The minimum atomic E-state index is -1.07. The van der Waals surface area contributed by atoms with E-state index in [1.165, 1.54) is 9.80 Å². The van der Waals surface area contributed by atoms with Gasteiger partial charge in [0.15, 0.2) is 5.82 Å². The van der Waals surface area contributed by atoms with E-state index >= 15 is 0 Å². The number of aromatic nitrogens is 2. The van der Waals surface area contributed by atoms with Crippen LogP contribution in [0.25, 0.3) is 11.4 Å². The quantitative estimate of drug-likeness (QED) is 0.456. The van der Waals surface area contributed by atoms with Crippen molar-refractivity contribution < 1.29 is 29.0 Å². The number of ether oxygens (including phenoxy) is 1. The molecule has 2 aromatic rings. The molecule has 1 aromatic heterocycles. The van der Waals surface area contributed by atoms with Gasteiger partial charge in [-0.3, -0.25) is 14.4 Å². The molecule has 2 N–H and O–H groups in total. The molecule has 0 spiro atoms. The highest BCUT2D eigenvalue weighted by Crippen LogP contribution is 2.17. The highest BCUT2D eigenvalue weighted by atomic mass is 16.6. The molecule has 0 unspecified atom stereocenters. The Morgan fingerprint density at radius 1 is 1.03 bits per heavy atom. The van der Waals surface area contributed by atoms with Crippen LogP contribution in [0, 0.1) is 0 Å². The lowest BCUT2D eigenvalue weighted by Gasteiger charge is -2.35. The Morgan fingerprint density at radius 2 is 1.71 bits per heavy atom. The Hall–Kier alpha value is -4.02. The average Bonchev–Trinajstić information content (AvgIpc) is 2.94. The number of carboxylic acids is 1. The summed E-state index contributed by atoms with van der Waals surface area (Å²) >= 11 is 0. The van der Waals surface area contributed by atoms with Gasteiger partial charge >= 0.3 is 12.1 Å². The molecule has 3 rings (SSSR count). The predicted octanol–water partition coefficient (Wildman–Crippen LogP) is 2.75. The molecule has 0 radical (unpaired) electrons. The van der Waals surface area contributed by atoms with Gasteiger partial charge < -0.3 is 25.0 Å². The number of carboxylic acid groups (broad SMARTS) is 1. The topological polar surface area (TPSA) is 142 Å². The number of carbonyl (C=O) groups excluding carboxylic acids is 3. The highest BCUT2D eigenvalue weighted by Gasteiger charge is 2.31. The minimum absolute atomic E-state index is 0.0721. The van der Waals surface area contributed by atoms with Crippen LogP contribution in [-0.4, -0.2) is 87.6 Å². The summed E-state index contributed by atoms with van der Waals surface area (Å²) in [7, 11) is 0. The molecular weight excluding hydrogens is 490 g/mol. The smallest absolute Gasteiger partial charge is 0.409 e. The standard InChI is InChI=1S/C27H35N5O6/c1-3-5-11-20-18-22(29-24(28-20)19-9-7-6-8-10-19)25(35)30-21(12-13-23(33)34)26(36)31-14-16-32(17-15-31)27(37)38-4-2/h6-10,18,21H,3-5,11-17H2,1-2H3,(H,30,35)(H,33,34)/t21-/m0/s1. The van der Waals surface area contributed by atoms with Gasteiger partial charge in [-0.2, -0.15) is 0 Å². The lowest BCUT2D eigenvalue weighted by atomic mass is 10.1. The number of benzene rings is 1. The van der Waals surface area contributed by atoms with Crippen LogP contribution in [0.4, 0.5) is 4.79 Å². The van der Waals surface area contributed by atoms with E-state index in [1.807, 2.05) is 30.3 Å². The largest absolute Gasteiger partial charge is 0.481 e. The maximum atomic E-state index is 13.3. The molecule has 11 heteroatoms. The number of piperazine rings is 1. The molecular formula is C27H35N5O6. The number of amides is 3. The summed E-state index contributed by atoms with van der Waals surface area (Å²) in [4.78, 5) is 62.0. The van der Waals surface area contributed by atoms with Gasteiger partial charge in [0.2, 0.25) is 5.91 Å². The van der Waals surface area contributed by atoms with Crippen LogP contribution < -0.4 is 5.32 Å². The normalized spacial score (nSPS) is 14.1. The van der Waals surface area contributed by atoms with Gasteiger partial charge in [0, 0.05) is 43.9 Å². The Labute approximate surface area is 222 Å². The molecule has 0 aliphatic carbocycles. The first kappa shape index (κ1) is 28.5. The summed E-state index contributed by atoms with van der Waals surface area (Å²) in [6, 6.07) is 9.88. The van der Waals surface area contributed by atoms with E-state index in [0.29, 0.717) is 17.9 Å². The molecule has 38 heavy (non-hydrogen) atoms. The number of hydrogen-bond acceptors (Lipinski definition) is 7. The number of hydrogen-bond donors (Lipinski definition) is 2. The first-order valence-electron chi connectivity index (χ1n) is 13.0. The van der Waals surface area contributed by atoms with E-state index in [1.54, 1.807) is 13.0 Å². The van der Waals surface area contributed by atoms with E-state index in [-0.39, 0.29) is 51.3 Å². The Kier molecular flexibility index (Phi) is 10.6. The number of carbonyl (C=O) groups is 4. The number of aryl methyl sites for hydroxylation is 1. The predicted molar refractivity (Wildman–Crippen MR) is 139 cm³/mol. The summed E-state index contributed by atoms with van der Waals surface area (Å²) in [5.41, 5.74) is 1.59. The first-order chi connectivity index (χ1) is 18.3. The summed E-state index contributed by atoms with van der Waals surface area (Å²) in [5, 5.41) is 11.9. The summed E-state index contributed by atoms with van der Waals surface area (Å²) in [6.45, 7) is 5.14. The number of aliphatic carboxylic acids is 1. The van der Waals surface area contributed by atoms with Crippen molar-refractivity contribution in [2.75, 3.05) is 32.8 Å². The maximum Gasteiger partial charge on any atom is 0.409 e. The molecule has 1 aliphatic heterocycles. The monoisotopic (exact) mass is 525 g/mol. The third-order valence-corrected chi connectivity index (χ3v) is 6.20. The first-order valence-corrected chi connectivity index (χ1v) is 13.0. The Balaban J connectivity index is 1.78. The number of unbranched alkanes of at least 4 members (excludes halogenated alkanes) is 1. The second-order valence-electron chi connectivity index (χ2n) is 9.01. The molecule has 0 bridgehead atoms. The van der Waals surface area contributed by atoms with Gasteiger partial charge in [-0.25, -0.2) is 14.8 Å². The van der Waals surface area contributed by atoms with Crippen LogP contribution in [-0.2, 0) is 20.7 Å². The van der Waals surface area contributed by atoms with Crippen molar-refractivity contribution >= 4 is 23.9 Å². The minimum Gasteiger partial charge on any atom is -0.481 e. The van der Waals surface area contributed by atoms with Crippen LogP contribution in [0.5, 0.6) is 0 Å². The van der Waals surface area contributed by atoms with Crippen molar-refractivity contribution in [1.29, 1.82) is 0 Å². The van der Waals surface area contributed by atoms with Crippen molar-refractivity contribution in [3.63, 3.8) is 0 Å². The summed E-state index contributed by atoms with van der Waals surface area (Å²) in [6.07, 6.45) is 1.72. The summed E-state index contributed by atoms with van der Waals surface area (Å²) < 4.78 is 5.02. The fourth-order valence-electron chi connectivity index (χ4n) is 4.12. The van der Waals surface area contributed by atoms with Gasteiger partial charge in [-0.15, -0.1) is 0 Å². The number of nitrogens with one attached hydrogen (secondary N) is 1. The molecule has 1 fully saturated rings. The third kappa shape index (κ3) is 7.99. The van der Waals surface area contributed by atoms with Gasteiger partial charge in [0.05, 0.1) is 6.61 Å². The SMILES string of the molecule is CCCCc1cc(C(=O)N[C@@H](CCC(=O)O)C(=O)N2CCN(C(=O)OCC)CC2)nc(-c2ccccc2)n1. The molecule has 1 atom stereocenters. The second kappa shape index (κ2) is 14.1. The van der Waals surface area contributed by atoms with Crippen molar-refractivity contribution in [2.24, 2.45) is 0 Å². The van der Waals surface area contributed by atoms with Crippen molar-refractivity contribution in [2.45, 2.75) is 52.0 Å². The average molecular weight is 526 g/mol. The van der Waals surface area contributed by atoms with E-state index in [2.05, 4.69) is 22.2 Å². The van der Waals surface area contributed by atoms with Crippen molar-refractivity contribution in [1.82, 2.24) is 25.1 Å². The van der Waals surface area contributed by atoms with Crippen LogP contribution in [0.1, 0.15) is 55.7 Å². The zero-order valence-corrected chi connectivity index (χ0v) is 21.9. The molecule has 3 amide bonds. The fraction of sp³-hybridized carbons (Fsp3) is 0.481. The van der Waals surface area contributed by atoms with Crippen LogP contribution in [0.3, 0.4) is 0 Å². The van der Waals surface area contributed by atoms with Crippen molar-refractivity contribution in [3.05, 3.63) is 47.8 Å². The summed E-state index contributed by atoms with van der Waals surface area (Å²) in [5.74, 6) is -1.63. The van der Waals surface area contributed by atoms with Crippen LogP contribution in [0.2, 0.25) is 0 Å². The lowest BCUT2D eigenvalue weighted by molar-refractivity contribution is -0.138.